The van der Waals surface area contributed by atoms with Crippen molar-refractivity contribution in [3.05, 3.63) is 60.8 Å². The van der Waals surface area contributed by atoms with Crippen molar-refractivity contribution in [1.29, 1.82) is 0 Å². The highest BCUT2D eigenvalue weighted by molar-refractivity contribution is 5.92. The highest BCUT2D eigenvalue weighted by Gasteiger charge is 2.07. The van der Waals surface area contributed by atoms with Crippen molar-refractivity contribution in [2.24, 2.45) is 0 Å². The molecule has 10 N–H and O–H groups in total. The quantitative estimate of drug-likeness (QED) is 0.127. The minimum atomic E-state index is -1.27. The number of hydrogen-bond donors (Lipinski definition) is 10. The van der Waals surface area contributed by atoms with E-state index in [4.69, 9.17) is 51.1 Å². The van der Waals surface area contributed by atoms with Gasteiger partial charge in [0.15, 0.2) is 0 Å². The molecule has 226 valence electrons. The van der Waals surface area contributed by atoms with Crippen molar-refractivity contribution in [3.8, 4) is 0 Å². The van der Waals surface area contributed by atoms with Crippen LogP contribution in [0.2, 0.25) is 0 Å². The first-order valence-electron chi connectivity index (χ1n) is 9.23. The van der Waals surface area contributed by atoms with Gasteiger partial charge >= 0.3 is 59.7 Å². The summed E-state index contributed by atoms with van der Waals surface area (Å²) in [6.07, 6.45) is 3.96. The van der Waals surface area contributed by atoms with Crippen molar-refractivity contribution in [2.45, 2.75) is 6.42 Å². The van der Waals surface area contributed by atoms with Crippen LogP contribution in [0.1, 0.15) is 6.42 Å². The standard InChI is InChI=1S/C5H6O4.4C4H4O4/c1-3(5(8)9)2-4(6)7;4*5-3(6)1-2-4(7)8/h1-2H2,(H,6,7)(H,8,9);4*1-2H,(H,5,6)(H,7,8)/b;2-1+;3*2-1-. The summed E-state index contributed by atoms with van der Waals surface area (Å²) < 4.78 is 0. The molecular weight excluding hydrogens is 572 g/mol. The van der Waals surface area contributed by atoms with Crippen LogP contribution >= 0.6 is 0 Å². The summed E-state index contributed by atoms with van der Waals surface area (Å²) in [5.41, 5.74) is -0.303. The lowest BCUT2D eigenvalue weighted by molar-refractivity contribution is -0.139. The Balaban J connectivity index is -0.000000132. The molecule has 0 rings (SSSR count). The normalized spacial score (nSPS) is 9.27. The minimum Gasteiger partial charge on any atom is -0.481 e. The van der Waals surface area contributed by atoms with Crippen LogP contribution in [0.15, 0.2) is 60.8 Å². The molecule has 0 radical (unpaired) electrons. The number of carboxylic acids is 10. The third kappa shape index (κ3) is 71.9. The summed E-state index contributed by atoms with van der Waals surface area (Å²) in [7, 11) is 0. The fourth-order valence-electron chi connectivity index (χ4n) is 0.828. The third-order valence-corrected chi connectivity index (χ3v) is 2.14. The van der Waals surface area contributed by atoms with Crippen LogP contribution < -0.4 is 0 Å². The van der Waals surface area contributed by atoms with Gasteiger partial charge in [-0.25, -0.2) is 43.2 Å². The van der Waals surface area contributed by atoms with E-state index in [1.54, 1.807) is 0 Å². The van der Waals surface area contributed by atoms with E-state index in [1.807, 2.05) is 0 Å². The molecule has 0 aromatic heterocycles. The zero-order valence-corrected chi connectivity index (χ0v) is 20.1. The molecule has 0 aliphatic carbocycles. The molecule has 0 unspecified atom stereocenters. The Morgan fingerprint density at radius 1 is 0.366 bits per heavy atom. The Morgan fingerprint density at radius 2 is 0.512 bits per heavy atom. The molecule has 20 nitrogen and oxygen atoms in total. The SMILES string of the molecule is C=C(CC(=O)O)C(=O)O.O=C(O)/C=C/C(=O)O.O=C(O)/C=C\C(=O)O.O=C(O)/C=C\C(=O)O.O=C(O)/C=C\C(=O)O. The van der Waals surface area contributed by atoms with E-state index in [1.165, 1.54) is 0 Å². The van der Waals surface area contributed by atoms with E-state index < -0.39 is 66.1 Å². The average Bonchev–Trinajstić information content (AvgIpc) is 2.80. The first kappa shape index (κ1) is 44.4. The van der Waals surface area contributed by atoms with Gasteiger partial charge in [-0.2, -0.15) is 0 Å². The molecule has 0 aliphatic heterocycles. The van der Waals surface area contributed by atoms with Gasteiger partial charge in [0.2, 0.25) is 0 Å². The number of aliphatic carboxylic acids is 10. The van der Waals surface area contributed by atoms with Crippen LogP contribution in [-0.4, -0.2) is 111 Å². The Bertz CT molecular complexity index is 902. The summed E-state index contributed by atoms with van der Waals surface area (Å²) in [4.78, 5) is 96.1. The molecule has 41 heavy (non-hydrogen) atoms. The third-order valence-electron chi connectivity index (χ3n) is 2.14. The van der Waals surface area contributed by atoms with Crippen molar-refractivity contribution < 1.29 is 99.0 Å². The minimum absolute atomic E-state index is 0.303. The van der Waals surface area contributed by atoms with Gasteiger partial charge < -0.3 is 51.1 Å². The maximum atomic E-state index is 9.87. The van der Waals surface area contributed by atoms with Gasteiger partial charge in [-0.15, -0.1) is 0 Å². The second-order valence-corrected chi connectivity index (χ2v) is 5.52. The Hall–Kier alpha value is -6.60. The molecule has 0 amide bonds. The molecule has 20 heteroatoms. The van der Waals surface area contributed by atoms with Crippen molar-refractivity contribution in [2.75, 3.05) is 0 Å². The van der Waals surface area contributed by atoms with Gasteiger partial charge in [-0.05, 0) is 0 Å². The second-order valence-electron chi connectivity index (χ2n) is 5.52. The molecule has 0 fully saturated rings. The summed E-state index contributed by atoms with van der Waals surface area (Å²) in [5, 5.41) is 78.6. The van der Waals surface area contributed by atoms with E-state index in [0.29, 0.717) is 48.6 Å². The van der Waals surface area contributed by atoms with Gasteiger partial charge in [0.1, 0.15) is 0 Å². The first-order valence-corrected chi connectivity index (χ1v) is 9.23. The molecule has 0 heterocycles. The Kier molecular flexibility index (Phi) is 30.3. The van der Waals surface area contributed by atoms with Crippen molar-refractivity contribution >= 4 is 59.7 Å². The number of carbonyl (C=O) groups is 10. The van der Waals surface area contributed by atoms with Gasteiger partial charge in [0, 0.05) is 54.2 Å². The molecule has 0 saturated heterocycles. The first-order chi connectivity index (χ1) is 18.5. The molecular formula is C21H22O20. The zero-order chi connectivity index (χ0) is 33.7. The Morgan fingerprint density at radius 3 is 0.561 bits per heavy atom. The maximum Gasteiger partial charge on any atom is 0.331 e. The van der Waals surface area contributed by atoms with Crippen LogP contribution in [0.4, 0.5) is 0 Å². The highest BCUT2D eigenvalue weighted by Crippen LogP contribution is 1.95. The van der Waals surface area contributed by atoms with Gasteiger partial charge in [-0.1, -0.05) is 6.58 Å². The largest absolute Gasteiger partial charge is 0.481 e. The molecule has 0 aromatic carbocycles. The van der Waals surface area contributed by atoms with Crippen molar-refractivity contribution in [3.63, 3.8) is 0 Å². The van der Waals surface area contributed by atoms with E-state index in [9.17, 15) is 47.9 Å². The van der Waals surface area contributed by atoms with E-state index in [0.717, 1.165) is 0 Å². The van der Waals surface area contributed by atoms with Gasteiger partial charge in [0.05, 0.1) is 6.42 Å². The molecule has 0 aromatic rings. The lowest BCUT2D eigenvalue weighted by atomic mass is 10.2. The molecule has 0 bridgehead atoms. The summed E-state index contributed by atoms with van der Waals surface area (Å²) in [6.45, 7) is 3.01. The summed E-state index contributed by atoms with van der Waals surface area (Å²) >= 11 is 0. The zero-order valence-electron chi connectivity index (χ0n) is 20.1. The molecule has 0 spiro atoms. The fraction of sp³-hybridized carbons (Fsp3) is 0.0476. The van der Waals surface area contributed by atoms with E-state index in [2.05, 4.69) is 6.58 Å². The van der Waals surface area contributed by atoms with Crippen LogP contribution in [-0.2, 0) is 47.9 Å². The summed E-state index contributed by atoms with van der Waals surface area (Å²) in [5.74, 6) is -12.5. The van der Waals surface area contributed by atoms with Gasteiger partial charge in [-0.3, -0.25) is 4.79 Å². The predicted octanol–water partition coefficient (Wildman–Crippen LogP) is -1.05. The van der Waals surface area contributed by atoms with E-state index in [-0.39, 0.29) is 5.57 Å². The Labute approximate surface area is 226 Å². The van der Waals surface area contributed by atoms with E-state index >= 15 is 0 Å². The molecule has 0 aliphatic rings. The second kappa shape index (κ2) is 28.0. The van der Waals surface area contributed by atoms with Crippen LogP contribution in [0, 0.1) is 0 Å². The molecule has 0 atom stereocenters. The predicted molar refractivity (Wildman–Crippen MR) is 127 cm³/mol. The monoisotopic (exact) mass is 594 g/mol. The van der Waals surface area contributed by atoms with Crippen LogP contribution in [0.25, 0.3) is 0 Å². The lowest BCUT2D eigenvalue weighted by Gasteiger charge is -1.91. The number of carboxylic acid groups (broad SMARTS) is 10. The number of hydrogen-bond acceptors (Lipinski definition) is 10. The number of rotatable bonds is 11. The highest BCUT2D eigenvalue weighted by atomic mass is 16.4. The summed E-state index contributed by atoms with van der Waals surface area (Å²) in [6, 6.07) is 0. The van der Waals surface area contributed by atoms with Crippen LogP contribution in [0.3, 0.4) is 0 Å². The lowest BCUT2D eigenvalue weighted by Crippen LogP contribution is -2.04. The average molecular weight is 594 g/mol. The fourth-order valence-corrected chi connectivity index (χ4v) is 0.828. The van der Waals surface area contributed by atoms with Gasteiger partial charge in [0.25, 0.3) is 0 Å². The smallest absolute Gasteiger partial charge is 0.331 e. The van der Waals surface area contributed by atoms with Crippen LogP contribution in [0.5, 0.6) is 0 Å². The maximum absolute atomic E-state index is 9.87. The molecule has 0 saturated carbocycles. The topological polar surface area (TPSA) is 373 Å². The van der Waals surface area contributed by atoms with Crippen molar-refractivity contribution in [1.82, 2.24) is 0 Å².